The third-order valence-electron chi connectivity index (χ3n) is 2.36. The Labute approximate surface area is 108 Å². The van der Waals surface area contributed by atoms with Gasteiger partial charge in [-0.1, -0.05) is 0 Å². The number of anilines is 2. The summed E-state index contributed by atoms with van der Waals surface area (Å²) in [6.45, 7) is 5.04. The van der Waals surface area contributed by atoms with E-state index in [1.807, 2.05) is 30.8 Å². The number of ether oxygens (including phenoxy) is 1. The van der Waals surface area contributed by atoms with Crippen molar-refractivity contribution in [2.45, 2.75) is 13.8 Å². The van der Waals surface area contributed by atoms with E-state index in [0.717, 1.165) is 5.82 Å². The second-order valence-corrected chi connectivity index (χ2v) is 3.93. The molecule has 18 heavy (non-hydrogen) atoms. The van der Waals surface area contributed by atoms with Crippen molar-refractivity contribution in [3.63, 3.8) is 0 Å². The largest absolute Gasteiger partial charge is 0.465 e. The summed E-state index contributed by atoms with van der Waals surface area (Å²) in [7, 11) is 3.75. The molecular weight excluding hydrogens is 232 g/mol. The Balaban J connectivity index is 2.81. The predicted octanol–water partition coefficient (Wildman–Crippen LogP) is 0.932. The maximum absolute atomic E-state index is 11.5. The van der Waals surface area contributed by atoms with Crippen LogP contribution in [0.25, 0.3) is 0 Å². The van der Waals surface area contributed by atoms with E-state index in [1.54, 1.807) is 19.2 Å². The maximum Gasteiger partial charge on any atom is 0.325 e. The van der Waals surface area contributed by atoms with Crippen molar-refractivity contribution in [2.75, 3.05) is 43.6 Å². The molecule has 6 heteroatoms. The van der Waals surface area contributed by atoms with Gasteiger partial charge in [-0.15, -0.1) is 0 Å². The lowest BCUT2D eigenvalue weighted by molar-refractivity contribution is -0.141. The minimum Gasteiger partial charge on any atom is -0.465 e. The van der Waals surface area contributed by atoms with Gasteiger partial charge in [0.05, 0.1) is 6.61 Å². The Morgan fingerprint density at radius 3 is 2.67 bits per heavy atom. The van der Waals surface area contributed by atoms with E-state index < -0.39 is 0 Å². The van der Waals surface area contributed by atoms with Crippen LogP contribution in [0.1, 0.15) is 13.8 Å². The van der Waals surface area contributed by atoms with Crippen molar-refractivity contribution < 1.29 is 9.53 Å². The van der Waals surface area contributed by atoms with Gasteiger partial charge in [-0.3, -0.25) is 4.79 Å². The summed E-state index contributed by atoms with van der Waals surface area (Å²) in [6.07, 6.45) is 1.69. The standard InChI is InChI=1S/C12H20N4O2/c1-5-16(9-11(17)18-6-2)10-7-8-13-12(14-10)15(3)4/h7-8H,5-6,9H2,1-4H3. The number of rotatable bonds is 6. The van der Waals surface area contributed by atoms with Crippen LogP contribution in [-0.2, 0) is 9.53 Å². The monoisotopic (exact) mass is 252 g/mol. The second kappa shape index (κ2) is 6.78. The molecule has 6 nitrogen and oxygen atoms in total. The summed E-state index contributed by atoms with van der Waals surface area (Å²) in [5.41, 5.74) is 0. The molecule has 1 aromatic rings. The van der Waals surface area contributed by atoms with E-state index in [2.05, 4.69) is 9.97 Å². The molecule has 0 aromatic carbocycles. The van der Waals surface area contributed by atoms with Gasteiger partial charge >= 0.3 is 5.97 Å². The molecule has 0 amide bonds. The fourth-order valence-corrected chi connectivity index (χ4v) is 1.45. The van der Waals surface area contributed by atoms with Gasteiger partial charge in [-0.2, -0.15) is 4.98 Å². The Kier molecular flexibility index (Phi) is 5.35. The molecule has 0 N–H and O–H groups in total. The molecule has 0 saturated heterocycles. The lowest BCUT2D eigenvalue weighted by atomic mass is 10.4. The quantitative estimate of drug-likeness (QED) is 0.702. The zero-order valence-corrected chi connectivity index (χ0v) is 11.4. The van der Waals surface area contributed by atoms with Crippen molar-refractivity contribution in [2.24, 2.45) is 0 Å². The predicted molar refractivity (Wildman–Crippen MR) is 70.9 cm³/mol. The molecular formula is C12H20N4O2. The van der Waals surface area contributed by atoms with Crippen LogP contribution in [0.4, 0.5) is 11.8 Å². The fourth-order valence-electron chi connectivity index (χ4n) is 1.45. The number of likely N-dealkylation sites (N-methyl/N-ethyl adjacent to an activating group) is 1. The van der Waals surface area contributed by atoms with Crippen LogP contribution >= 0.6 is 0 Å². The molecule has 0 spiro atoms. The molecule has 1 heterocycles. The summed E-state index contributed by atoms with van der Waals surface area (Å²) < 4.78 is 4.94. The Hall–Kier alpha value is -1.85. The van der Waals surface area contributed by atoms with Gasteiger partial charge in [0.15, 0.2) is 0 Å². The molecule has 0 fully saturated rings. The molecule has 0 aliphatic carbocycles. The van der Waals surface area contributed by atoms with Crippen molar-refractivity contribution in [3.05, 3.63) is 12.3 Å². The fraction of sp³-hybridized carbons (Fsp3) is 0.583. The second-order valence-electron chi connectivity index (χ2n) is 3.93. The number of carbonyl (C=O) groups excluding carboxylic acids is 1. The van der Waals surface area contributed by atoms with Crippen molar-refractivity contribution in [1.29, 1.82) is 0 Å². The van der Waals surface area contributed by atoms with E-state index in [9.17, 15) is 4.79 Å². The van der Waals surface area contributed by atoms with Gasteiger partial charge in [0.25, 0.3) is 0 Å². The average molecular weight is 252 g/mol. The lowest BCUT2D eigenvalue weighted by Gasteiger charge is -2.21. The lowest BCUT2D eigenvalue weighted by Crippen LogP contribution is -2.31. The maximum atomic E-state index is 11.5. The van der Waals surface area contributed by atoms with E-state index in [0.29, 0.717) is 19.1 Å². The van der Waals surface area contributed by atoms with Crippen LogP contribution in [-0.4, -0.2) is 49.7 Å². The van der Waals surface area contributed by atoms with E-state index in [1.165, 1.54) is 0 Å². The van der Waals surface area contributed by atoms with Crippen molar-refractivity contribution in [1.82, 2.24) is 9.97 Å². The summed E-state index contributed by atoms with van der Waals surface area (Å²) in [4.78, 5) is 23.7. The molecule has 100 valence electrons. The van der Waals surface area contributed by atoms with Crippen LogP contribution in [0.3, 0.4) is 0 Å². The normalized spacial score (nSPS) is 10.0. The highest BCUT2D eigenvalue weighted by Crippen LogP contribution is 2.13. The average Bonchev–Trinajstić information content (AvgIpc) is 2.36. The Bertz CT molecular complexity index is 395. The third kappa shape index (κ3) is 3.87. The summed E-state index contributed by atoms with van der Waals surface area (Å²) in [5, 5.41) is 0. The van der Waals surface area contributed by atoms with E-state index >= 15 is 0 Å². The molecule has 1 rings (SSSR count). The molecule has 0 aliphatic heterocycles. The van der Waals surface area contributed by atoms with Crippen molar-refractivity contribution in [3.8, 4) is 0 Å². The third-order valence-corrected chi connectivity index (χ3v) is 2.36. The SMILES string of the molecule is CCOC(=O)CN(CC)c1ccnc(N(C)C)n1. The van der Waals surface area contributed by atoms with Gasteiger partial charge in [0.2, 0.25) is 5.95 Å². The first-order valence-corrected chi connectivity index (χ1v) is 5.99. The number of hydrogen-bond acceptors (Lipinski definition) is 6. The highest BCUT2D eigenvalue weighted by molar-refractivity contribution is 5.75. The van der Waals surface area contributed by atoms with Gasteiger partial charge in [-0.05, 0) is 19.9 Å². The number of hydrogen-bond donors (Lipinski definition) is 0. The summed E-state index contributed by atoms with van der Waals surface area (Å²) in [5.74, 6) is 1.10. The molecule has 0 bridgehead atoms. The van der Waals surface area contributed by atoms with Crippen molar-refractivity contribution >= 4 is 17.7 Å². The first-order valence-electron chi connectivity index (χ1n) is 5.99. The zero-order valence-electron chi connectivity index (χ0n) is 11.4. The summed E-state index contributed by atoms with van der Waals surface area (Å²) >= 11 is 0. The first kappa shape index (κ1) is 14.2. The summed E-state index contributed by atoms with van der Waals surface area (Å²) in [6, 6.07) is 1.79. The van der Waals surface area contributed by atoms with E-state index in [-0.39, 0.29) is 12.5 Å². The molecule has 0 aliphatic rings. The number of aromatic nitrogens is 2. The number of carbonyl (C=O) groups is 1. The van der Waals surface area contributed by atoms with Gasteiger partial charge in [0, 0.05) is 26.8 Å². The van der Waals surface area contributed by atoms with Crippen LogP contribution in [0, 0.1) is 0 Å². The first-order chi connectivity index (χ1) is 8.58. The van der Waals surface area contributed by atoms with E-state index in [4.69, 9.17) is 4.74 Å². The highest BCUT2D eigenvalue weighted by Gasteiger charge is 2.13. The highest BCUT2D eigenvalue weighted by atomic mass is 16.5. The molecule has 0 atom stereocenters. The number of nitrogens with zero attached hydrogens (tertiary/aromatic N) is 4. The number of esters is 1. The van der Waals surface area contributed by atoms with Crippen LogP contribution in [0.2, 0.25) is 0 Å². The van der Waals surface area contributed by atoms with Crippen LogP contribution in [0.15, 0.2) is 12.3 Å². The van der Waals surface area contributed by atoms with Gasteiger partial charge in [-0.25, -0.2) is 4.98 Å². The molecule has 1 aromatic heterocycles. The van der Waals surface area contributed by atoms with Crippen LogP contribution in [0.5, 0.6) is 0 Å². The minimum absolute atomic E-state index is 0.203. The van der Waals surface area contributed by atoms with Gasteiger partial charge < -0.3 is 14.5 Å². The Morgan fingerprint density at radius 1 is 1.39 bits per heavy atom. The molecule has 0 saturated carbocycles. The molecule has 0 radical (unpaired) electrons. The Morgan fingerprint density at radius 2 is 2.11 bits per heavy atom. The minimum atomic E-state index is -0.246. The zero-order chi connectivity index (χ0) is 13.5. The van der Waals surface area contributed by atoms with Gasteiger partial charge in [0.1, 0.15) is 12.4 Å². The van der Waals surface area contributed by atoms with Crippen LogP contribution < -0.4 is 9.80 Å². The molecule has 0 unspecified atom stereocenters. The topological polar surface area (TPSA) is 58.6 Å². The smallest absolute Gasteiger partial charge is 0.325 e.